The van der Waals surface area contributed by atoms with Gasteiger partial charge >= 0.3 is 6.61 Å². The van der Waals surface area contributed by atoms with Crippen LogP contribution in [0.15, 0.2) is 24.4 Å². The van der Waals surface area contributed by atoms with Gasteiger partial charge in [0, 0.05) is 17.6 Å². The number of aromatic nitrogens is 1. The highest BCUT2D eigenvalue weighted by Gasteiger charge is 2.23. The Hall–Kier alpha value is -1.82. The molecular weight excluding hydrogens is 218 g/mol. The molecule has 84 valence electrons. The van der Waals surface area contributed by atoms with E-state index < -0.39 is 6.61 Å². The van der Waals surface area contributed by atoms with E-state index in [0.717, 1.165) is 16.6 Å². The summed E-state index contributed by atoms with van der Waals surface area (Å²) in [5.74, 6) is 0.141. The fourth-order valence-corrected chi connectivity index (χ4v) is 1.64. The summed E-state index contributed by atoms with van der Waals surface area (Å²) in [7, 11) is 0. The molecule has 0 atom stereocenters. The molecule has 4 nitrogen and oxygen atoms in total. The second-order valence-electron chi connectivity index (χ2n) is 3.40. The van der Waals surface area contributed by atoms with Crippen molar-refractivity contribution in [3.63, 3.8) is 0 Å². The predicted molar refractivity (Wildman–Crippen MR) is 53.4 cm³/mol. The molecule has 1 aliphatic heterocycles. The van der Waals surface area contributed by atoms with Crippen molar-refractivity contribution >= 4 is 16.6 Å². The highest BCUT2D eigenvalue weighted by molar-refractivity contribution is 5.93. The van der Waals surface area contributed by atoms with Gasteiger partial charge in [-0.05, 0) is 12.1 Å². The van der Waals surface area contributed by atoms with Gasteiger partial charge in [0.05, 0.1) is 11.2 Å². The molecule has 0 saturated carbocycles. The van der Waals surface area contributed by atoms with Crippen molar-refractivity contribution in [2.24, 2.45) is 0 Å². The number of halogens is 2. The summed E-state index contributed by atoms with van der Waals surface area (Å²) in [5.41, 5.74) is 1.64. The number of hydrogen-bond acceptors (Lipinski definition) is 3. The van der Waals surface area contributed by atoms with Crippen molar-refractivity contribution in [2.45, 2.75) is 6.61 Å². The molecule has 1 fully saturated rings. The van der Waals surface area contributed by atoms with Gasteiger partial charge in [0.15, 0.2) is 6.73 Å². The van der Waals surface area contributed by atoms with Crippen LogP contribution in [0.5, 0.6) is 5.75 Å². The Morgan fingerprint density at radius 2 is 2.25 bits per heavy atom. The van der Waals surface area contributed by atoms with Gasteiger partial charge in [-0.25, -0.2) is 9.90 Å². The SMILES string of the molecule is FC(F)Oc1ccc2c(N3CO3)c[nH]c2c1. The molecule has 6 heteroatoms. The second kappa shape index (κ2) is 3.34. The van der Waals surface area contributed by atoms with E-state index in [2.05, 4.69) is 9.72 Å². The molecule has 2 aromatic rings. The van der Waals surface area contributed by atoms with Crippen LogP contribution in [0, 0.1) is 0 Å². The van der Waals surface area contributed by atoms with Gasteiger partial charge in [-0.1, -0.05) is 0 Å². The standard InChI is InChI=1S/C10H8F2N2O2/c11-10(12)16-6-1-2-7-8(3-6)13-4-9(7)14-5-15-14/h1-4,10,13H,5H2. The molecular formula is C10H8F2N2O2. The fraction of sp³-hybridized carbons (Fsp3) is 0.200. The molecule has 1 N–H and O–H groups in total. The van der Waals surface area contributed by atoms with Crippen LogP contribution in [-0.2, 0) is 4.84 Å². The monoisotopic (exact) mass is 226 g/mol. The Balaban J connectivity index is 1.99. The molecule has 1 saturated heterocycles. The number of anilines is 1. The third kappa shape index (κ3) is 1.57. The number of nitrogens with zero attached hydrogens (tertiary/aromatic N) is 1. The zero-order valence-corrected chi connectivity index (χ0v) is 8.11. The van der Waals surface area contributed by atoms with E-state index in [-0.39, 0.29) is 5.75 Å². The minimum absolute atomic E-state index is 0.141. The molecule has 1 aromatic carbocycles. The number of hydroxylamine groups is 1. The van der Waals surface area contributed by atoms with Crippen molar-refractivity contribution in [2.75, 3.05) is 11.8 Å². The first-order valence-corrected chi connectivity index (χ1v) is 4.70. The largest absolute Gasteiger partial charge is 0.435 e. The zero-order valence-electron chi connectivity index (χ0n) is 8.11. The minimum atomic E-state index is -2.80. The third-order valence-corrected chi connectivity index (χ3v) is 2.38. The van der Waals surface area contributed by atoms with Crippen molar-refractivity contribution in [3.8, 4) is 5.75 Å². The summed E-state index contributed by atoms with van der Waals surface area (Å²) < 4.78 is 28.3. The highest BCUT2D eigenvalue weighted by Crippen LogP contribution is 2.33. The number of rotatable bonds is 3. The normalized spacial score (nSPS) is 14.8. The van der Waals surface area contributed by atoms with Gasteiger partial charge in [-0.15, -0.1) is 0 Å². The van der Waals surface area contributed by atoms with E-state index in [0.29, 0.717) is 6.73 Å². The number of hydrogen-bond donors (Lipinski definition) is 1. The topological polar surface area (TPSA) is 40.6 Å². The number of H-pyrrole nitrogens is 1. The Kier molecular flexibility index (Phi) is 1.97. The molecule has 1 aliphatic rings. The average molecular weight is 226 g/mol. The van der Waals surface area contributed by atoms with E-state index in [4.69, 9.17) is 4.84 Å². The van der Waals surface area contributed by atoms with Crippen molar-refractivity contribution in [3.05, 3.63) is 24.4 Å². The van der Waals surface area contributed by atoms with Crippen LogP contribution in [0.25, 0.3) is 10.9 Å². The van der Waals surface area contributed by atoms with E-state index >= 15 is 0 Å². The maximum atomic E-state index is 12.0. The Morgan fingerprint density at radius 3 is 2.94 bits per heavy atom. The number of fused-ring (bicyclic) bond motifs is 1. The minimum Gasteiger partial charge on any atom is -0.435 e. The van der Waals surface area contributed by atoms with Gasteiger partial charge in [-0.3, -0.25) is 0 Å². The number of nitrogens with one attached hydrogen (secondary N) is 1. The number of alkyl halides is 2. The second-order valence-corrected chi connectivity index (χ2v) is 3.40. The molecule has 0 bridgehead atoms. The molecule has 1 aromatic heterocycles. The van der Waals surface area contributed by atoms with Crippen molar-refractivity contribution < 1.29 is 18.4 Å². The molecule has 3 rings (SSSR count). The van der Waals surface area contributed by atoms with Crippen LogP contribution in [0.2, 0.25) is 0 Å². The summed E-state index contributed by atoms with van der Waals surface area (Å²) in [5, 5.41) is 2.62. The van der Waals surface area contributed by atoms with Crippen molar-refractivity contribution in [1.82, 2.24) is 4.98 Å². The van der Waals surface area contributed by atoms with Gasteiger partial charge in [0.2, 0.25) is 0 Å². The van der Waals surface area contributed by atoms with Crippen LogP contribution >= 0.6 is 0 Å². The lowest BCUT2D eigenvalue weighted by molar-refractivity contribution is -0.0497. The van der Waals surface area contributed by atoms with Gasteiger partial charge in [0.25, 0.3) is 0 Å². The molecule has 0 amide bonds. The summed E-state index contributed by atoms with van der Waals surface area (Å²) >= 11 is 0. The molecule has 2 heterocycles. The highest BCUT2D eigenvalue weighted by atomic mass is 19.3. The lowest BCUT2D eigenvalue weighted by Crippen LogP contribution is -2.01. The first-order chi connectivity index (χ1) is 7.74. The quantitative estimate of drug-likeness (QED) is 0.817. The van der Waals surface area contributed by atoms with E-state index in [1.54, 1.807) is 17.3 Å². The molecule has 0 aliphatic carbocycles. The van der Waals surface area contributed by atoms with Gasteiger partial charge in [0.1, 0.15) is 5.75 Å². The van der Waals surface area contributed by atoms with E-state index in [1.165, 1.54) is 12.1 Å². The Morgan fingerprint density at radius 1 is 1.44 bits per heavy atom. The average Bonchev–Trinajstić information content (AvgIpc) is 2.98. The molecule has 0 radical (unpaired) electrons. The molecule has 0 spiro atoms. The van der Waals surface area contributed by atoms with Crippen molar-refractivity contribution in [1.29, 1.82) is 0 Å². The maximum Gasteiger partial charge on any atom is 0.387 e. The van der Waals surface area contributed by atoms with E-state index in [9.17, 15) is 8.78 Å². The summed E-state index contributed by atoms with van der Waals surface area (Å²) in [6, 6.07) is 4.77. The van der Waals surface area contributed by atoms with Gasteiger partial charge in [-0.2, -0.15) is 8.78 Å². The number of aromatic amines is 1. The number of ether oxygens (including phenoxy) is 1. The first kappa shape index (κ1) is 9.41. The lowest BCUT2D eigenvalue weighted by Gasteiger charge is -2.04. The third-order valence-electron chi connectivity index (χ3n) is 2.38. The Bertz CT molecular complexity index is 523. The zero-order chi connectivity index (χ0) is 11.1. The summed E-state index contributed by atoms with van der Waals surface area (Å²) in [6.45, 7) is -2.25. The number of benzene rings is 1. The molecule has 16 heavy (non-hydrogen) atoms. The summed E-state index contributed by atoms with van der Waals surface area (Å²) in [4.78, 5) is 7.99. The first-order valence-electron chi connectivity index (χ1n) is 4.70. The van der Waals surface area contributed by atoms with E-state index in [1.807, 2.05) is 0 Å². The van der Waals surface area contributed by atoms with Crippen LogP contribution in [-0.4, -0.2) is 18.3 Å². The van der Waals surface area contributed by atoms with Gasteiger partial charge < -0.3 is 9.72 Å². The fourth-order valence-electron chi connectivity index (χ4n) is 1.64. The smallest absolute Gasteiger partial charge is 0.387 e. The maximum absolute atomic E-state index is 12.0. The lowest BCUT2D eigenvalue weighted by atomic mass is 10.2. The summed E-state index contributed by atoms with van der Waals surface area (Å²) in [6.07, 6.45) is 1.77. The predicted octanol–water partition coefficient (Wildman–Crippen LogP) is 2.48. The van der Waals surface area contributed by atoms with Crippen LogP contribution in [0.4, 0.5) is 14.5 Å². The van der Waals surface area contributed by atoms with Crippen LogP contribution in [0.3, 0.4) is 0 Å². The Labute approximate surface area is 89.3 Å². The molecule has 0 unspecified atom stereocenters. The van der Waals surface area contributed by atoms with Crippen LogP contribution in [0.1, 0.15) is 0 Å². The van der Waals surface area contributed by atoms with Crippen LogP contribution < -0.4 is 9.80 Å².